The number of aliphatic hydroxyl groups is 1. The van der Waals surface area contributed by atoms with Crippen LogP contribution in [0.4, 0.5) is 0 Å². The number of hydrogen-bond acceptors (Lipinski definition) is 4. The van der Waals surface area contributed by atoms with Crippen LogP contribution in [-0.2, 0) is 9.53 Å². The van der Waals surface area contributed by atoms with E-state index in [1.807, 2.05) is 6.92 Å². The number of carbonyl (C=O) groups excluding carboxylic acids is 1. The Morgan fingerprint density at radius 2 is 2.05 bits per heavy atom. The third-order valence-electron chi connectivity index (χ3n) is 3.39. The lowest BCUT2D eigenvalue weighted by Crippen LogP contribution is -2.22. The molecule has 0 aliphatic rings. The van der Waals surface area contributed by atoms with Gasteiger partial charge in [-0.15, -0.1) is 0 Å². The van der Waals surface area contributed by atoms with E-state index < -0.39 is 12.1 Å². The average molecular weight is 322 g/mol. The zero-order chi connectivity index (χ0) is 16.3. The molecule has 1 heterocycles. The molecule has 0 aliphatic carbocycles. The quantitative estimate of drug-likeness (QED) is 0.848. The predicted molar refractivity (Wildman–Crippen MR) is 86.7 cm³/mol. The zero-order valence-electron chi connectivity index (χ0n) is 12.9. The van der Waals surface area contributed by atoms with Gasteiger partial charge in [0, 0.05) is 22.2 Å². The number of halogens is 1. The molecule has 0 bridgehead atoms. The van der Waals surface area contributed by atoms with Crippen molar-refractivity contribution in [2.45, 2.75) is 39.4 Å². The summed E-state index contributed by atoms with van der Waals surface area (Å²) >= 11 is 6.12. The van der Waals surface area contributed by atoms with Crippen LogP contribution in [0, 0.1) is 5.92 Å². The highest BCUT2D eigenvalue weighted by Gasteiger charge is 2.24. The number of carbonyl (C=O) groups is 1. The van der Waals surface area contributed by atoms with Crippen molar-refractivity contribution in [3.8, 4) is 0 Å². The van der Waals surface area contributed by atoms with E-state index >= 15 is 0 Å². The van der Waals surface area contributed by atoms with Gasteiger partial charge in [-0.2, -0.15) is 0 Å². The van der Waals surface area contributed by atoms with Crippen LogP contribution in [0.25, 0.3) is 10.9 Å². The summed E-state index contributed by atoms with van der Waals surface area (Å²) < 4.78 is 5.31. The van der Waals surface area contributed by atoms with Gasteiger partial charge in [0.15, 0.2) is 6.10 Å². The van der Waals surface area contributed by atoms with Crippen molar-refractivity contribution in [2.24, 2.45) is 5.92 Å². The summed E-state index contributed by atoms with van der Waals surface area (Å²) in [6.45, 7) is 5.93. The van der Waals surface area contributed by atoms with Crippen LogP contribution in [-0.4, -0.2) is 22.2 Å². The Bertz CT molecular complexity index is 672. The number of ether oxygens (including phenoxy) is 1. The Kier molecular flexibility index (Phi) is 5.37. The number of esters is 1. The number of benzene rings is 1. The van der Waals surface area contributed by atoms with Crippen molar-refractivity contribution in [2.75, 3.05) is 0 Å². The number of pyridine rings is 1. The van der Waals surface area contributed by atoms with Crippen LogP contribution in [0.1, 0.15) is 38.9 Å². The Hall–Kier alpha value is -1.65. The van der Waals surface area contributed by atoms with Gasteiger partial charge in [-0.3, -0.25) is 4.98 Å². The molecule has 0 saturated heterocycles. The lowest BCUT2D eigenvalue weighted by atomic mass is 10.0. The normalized spacial score (nSPS) is 14.1. The van der Waals surface area contributed by atoms with E-state index in [0.29, 0.717) is 27.4 Å². The molecule has 0 spiro atoms. The largest absolute Gasteiger partial charge is 0.460 e. The molecule has 0 amide bonds. The maximum absolute atomic E-state index is 12.1. The van der Waals surface area contributed by atoms with E-state index in [-0.39, 0.29) is 6.10 Å². The topological polar surface area (TPSA) is 59.4 Å². The van der Waals surface area contributed by atoms with Gasteiger partial charge in [0.2, 0.25) is 0 Å². The third kappa shape index (κ3) is 3.76. The first-order valence-corrected chi connectivity index (χ1v) is 7.69. The van der Waals surface area contributed by atoms with E-state index in [4.69, 9.17) is 16.3 Å². The molecule has 2 unspecified atom stereocenters. The molecule has 118 valence electrons. The van der Waals surface area contributed by atoms with Crippen molar-refractivity contribution in [1.29, 1.82) is 0 Å². The minimum atomic E-state index is -1.37. The SMILES string of the molecule is CC(C)CC(C)OC(=O)C(O)c1ccc(Cl)c2cccnc12. The molecule has 22 heavy (non-hydrogen) atoms. The van der Waals surface area contributed by atoms with Gasteiger partial charge in [0.25, 0.3) is 0 Å². The number of aromatic nitrogens is 1. The maximum atomic E-state index is 12.1. The second-order valence-corrected chi connectivity index (χ2v) is 6.22. The number of aliphatic hydroxyl groups excluding tert-OH is 1. The van der Waals surface area contributed by atoms with Crippen molar-refractivity contribution >= 4 is 28.5 Å². The van der Waals surface area contributed by atoms with Gasteiger partial charge in [0.05, 0.1) is 11.6 Å². The summed E-state index contributed by atoms with van der Waals surface area (Å²) in [5, 5.41) is 11.5. The summed E-state index contributed by atoms with van der Waals surface area (Å²) in [6, 6.07) is 6.81. The molecule has 4 nitrogen and oxygen atoms in total. The molecule has 0 fully saturated rings. The van der Waals surface area contributed by atoms with E-state index in [1.165, 1.54) is 0 Å². The highest BCUT2D eigenvalue weighted by atomic mass is 35.5. The van der Waals surface area contributed by atoms with Gasteiger partial charge in [0.1, 0.15) is 0 Å². The highest BCUT2D eigenvalue weighted by molar-refractivity contribution is 6.35. The first-order valence-electron chi connectivity index (χ1n) is 7.31. The van der Waals surface area contributed by atoms with Crippen LogP contribution in [0.3, 0.4) is 0 Å². The molecule has 1 N–H and O–H groups in total. The first-order chi connectivity index (χ1) is 10.4. The summed E-state index contributed by atoms with van der Waals surface area (Å²) in [5.74, 6) is -0.250. The van der Waals surface area contributed by atoms with E-state index in [2.05, 4.69) is 18.8 Å². The number of nitrogens with zero attached hydrogens (tertiary/aromatic N) is 1. The Balaban J connectivity index is 2.24. The van der Waals surface area contributed by atoms with Gasteiger partial charge in [-0.05, 0) is 37.5 Å². The summed E-state index contributed by atoms with van der Waals surface area (Å²) in [4.78, 5) is 16.4. The molecule has 5 heteroatoms. The molecule has 2 atom stereocenters. The van der Waals surface area contributed by atoms with Gasteiger partial charge in [-0.1, -0.05) is 31.5 Å². The summed E-state index contributed by atoms with van der Waals surface area (Å²) in [5.41, 5.74) is 0.915. The number of fused-ring (bicyclic) bond motifs is 1. The predicted octanol–water partition coefficient (Wildman–Crippen LogP) is 3.90. The fourth-order valence-electron chi connectivity index (χ4n) is 2.48. The van der Waals surface area contributed by atoms with Crippen molar-refractivity contribution in [1.82, 2.24) is 4.98 Å². The van der Waals surface area contributed by atoms with E-state index in [1.54, 1.807) is 30.5 Å². The van der Waals surface area contributed by atoms with Crippen LogP contribution in [0.5, 0.6) is 0 Å². The summed E-state index contributed by atoms with van der Waals surface area (Å²) in [6.07, 6.45) is 0.734. The Labute approximate surface area is 135 Å². The fraction of sp³-hybridized carbons (Fsp3) is 0.412. The molecular weight excluding hydrogens is 302 g/mol. The lowest BCUT2D eigenvalue weighted by Gasteiger charge is -2.18. The van der Waals surface area contributed by atoms with E-state index in [0.717, 1.165) is 6.42 Å². The Morgan fingerprint density at radius 1 is 1.32 bits per heavy atom. The third-order valence-corrected chi connectivity index (χ3v) is 3.72. The van der Waals surface area contributed by atoms with Crippen LogP contribution >= 0.6 is 11.6 Å². The average Bonchev–Trinajstić information content (AvgIpc) is 2.46. The highest BCUT2D eigenvalue weighted by Crippen LogP contribution is 2.29. The molecule has 2 aromatic rings. The molecule has 0 saturated carbocycles. The van der Waals surface area contributed by atoms with E-state index in [9.17, 15) is 9.90 Å². The Morgan fingerprint density at radius 3 is 2.73 bits per heavy atom. The zero-order valence-corrected chi connectivity index (χ0v) is 13.7. The van der Waals surface area contributed by atoms with Gasteiger partial charge in [-0.25, -0.2) is 4.79 Å². The van der Waals surface area contributed by atoms with Crippen LogP contribution < -0.4 is 0 Å². The van der Waals surface area contributed by atoms with Crippen molar-refractivity contribution in [3.05, 3.63) is 41.0 Å². The van der Waals surface area contributed by atoms with Gasteiger partial charge >= 0.3 is 5.97 Å². The standard InChI is InChI=1S/C17H20ClNO3/c1-10(2)9-11(3)22-17(21)16(20)13-6-7-14(18)12-5-4-8-19-15(12)13/h4-8,10-11,16,20H,9H2,1-3H3. The minimum Gasteiger partial charge on any atom is -0.460 e. The van der Waals surface area contributed by atoms with Crippen molar-refractivity contribution < 1.29 is 14.6 Å². The maximum Gasteiger partial charge on any atom is 0.339 e. The molecule has 2 rings (SSSR count). The van der Waals surface area contributed by atoms with Crippen LogP contribution in [0.15, 0.2) is 30.5 Å². The van der Waals surface area contributed by atoms with Crippen molar-refractivity contribution in [3.63, 3.8) is 0 Å². The monoisotopic (exact) mass is 321 g/mol. The number of hydrogen-bond donors (Lipinski definition) is 1. The lowest BCUT2D eigenvalue weighted by molar-refractivity contribution is -0.159. The fourth-order valence-corrected chi connectivity index (χ4v) is 2.70. The molecule has 0 aliphatic heterocycles. The molecule has 0 radical (unpaired) electrons. The molecular formula is C17H20ClNO3. The second-order valence-electron chi connectivity index (χ2n) is 5.82. The summed E-state index contributed by atoms with van der Waals surface area (Å²) in [7, 11) is 0. The molecule has 1 aromatic heterocycles. The minimum absolute atomic E-state index is 0.242. The number of rotatable bonds is 5. The van der Waals surface area contributed by atoms with Gasteiger partial charge < -0.3 is 9.84 Å². The second kappa shape index (κ2) is 7.07. The molecule has 1 aromatic carbocycles. The van der Waals surface area contributed by atoms with Crippen LogP contribution in [0.2, 0.25) is 5.02 Å². The smallest absolute Gasteiger partial charge is 0.339 e. The first kappa shape index (κ1) is 16.7.